The SMILES string of the molecule is Cc1ccc(OC[C@H](O)Cn2c(COc3ccccc3)nc3ccccc32)c(C)c1. The third-order valence-electron chi connectivity index (χ3n) is 5.00. The number of imidazole rings is 1. The van der Waals surface area contributed by atoms with Gasteiger partial charge in [-0.25, -0.2) is 4.98 Å². The molecule has 0 bridgehead atoms. The molecule has 1 N–H and O–H groups in total. The molecule has 5 nitrogen and oxygen atoms in total. The molecule has 0 aliphatic rings. The number of benzene rings is 3. The number of rotatable bonds is 8. The summed E-state index contributed by atoms with van der Waals surface area (Å²) in [6.07, 6.45) is -0.682. The maximum Gasteiger partial charge on any atom is 0.148 e. The number of aryl methyl sites for hydroxylation is 2. The Kier molecular flexibility index (Phi) is 6.00. The molecular formula is C25H26N2O3. The first-order chi connectivity index (χ1) is 14.6. The van der Waals surface area contributed by atoms with Crippen molar-refractivity contribution in [2.75, 3.05) is 6.61 Å². The van der Waals surface area contributed by atoms with Crippen LogP contribution in [0.4, 0.5) is 0 Å². The second-order valence-corrected chi connectivity index (χ2v) is 7.46. The van der Waals surface area contributed by atoms with Crippen molar-refractivity contribution in [1.29, 1.82) is 0 Å². The van der Waals surface area contributed by atoms with Gasteiger partial charge in [-0.15, -0.1) is 0 Å². The van der Waals surface area contributed by atoms with Crippen molar-refractivity contribution in [3.8, 4) is 11.5 Å². The number of nitrogens with zero attached hydrogens (tertiary/aromatic N) is 2. The van der Waals surface area contributed by atoms with Gasteiger partial charge in [-0.3, -0.25) is 0 Å². The highest BCUT2D eigenvalue weighted by atomic mass is 16.5. The molecule has 0 saturated heterocycles. The van der Waals surface area contributed by atoms with Crippen LogP contribution in [-0.2, 0) is 13.2 Å². The van der Waals surface area contributed by atoms with Gasteiger partial charge in [-0.1, -0.05) is 48.0 Å². The molecule has 0 amide bonds. The number of ether oxygens (including phenoxy) is 2. The predicted molar refractivity (Wildman–Crippen MR) is 118 cm³/mol. The molecule has 1 aromatic heterocycles. The van der Waals surface area contributed by atoms with E-state index in [1.165, 1.54) is 5.56 Å². The van der Waals surface area contributed by atoms with Crippen LogP contribution in [-0.4, -0.2) is 27.4 Å². The minimum absolute atomic E-state index is 0.204. The molecule has 0 fully saturated rings. The Morgan fingerprint density at radius 3 is 2.50 bits per heavy atom. The van der Waals surface area contributed by atoms with Gasteiger partial charge >= 0.3 is 0 Å². The lowest BCUT2D eigenvalue weighted by Crippen LogP contribution is -2.25. The molecule has 0 saturated carbocycles. The van der Waals surface area contributed by atoms with Crippen molar-refractivity contribution in [3.05, 3.63) is 89.7 Å². The Labute approximate surface area is 176 Å². The topological polar surface area (TPSA) is 56.5 Å². The smallest absolute Gasteiger partial charge is 0.148 e. The Balaban J connectivity index is 1.49. The van der Waals surface area contributed by atoms with E-state index < -0.39 is 6.10 Å². The van der Waals surface area contributed by atoms with Crippen LogP contribution in [0.2, 0.25) is 0 Å². The van der Waals surface area contributed by atoms with Crippen LogP contribution in [0.3, 0.4) is 0 Å². The summed E-state index contributed by atoms with van der Waals surface area (Å²) in [6.45, 7) is 4.96. The van der Waals surface area contributed by atoms with E-state index in [1.54, 1.807) is 0 Å². The van der Waals surface area contributed by atoms with Crippen LogP contribution >= 0.6 is 0 Å². The van der Waals surface area contributed by atoms with Crippen LogP contribution in [0.1, 0.15) is 17.0 Å². The van der Waals surface area contributed by atoms with Crippen molar-refractivity contribution in [2.45, 2.75) is 33.1 Å². The minimum atomic E-state index is -0.682. The van der Waals surface area contributed by atoms with Crippen LogP contribution in [0.15, 0.2) is 72.8 Å². The largest absolute Gasteiger partial charge is 0.491 e. The summed E-state index contributed by atoms with van der Waals surface area (Å²) >= 11 is 0. The first-order valence-corrected chi connectivity index (χ1v) is 10.1. The van der Waals surface area contributed by atoms with Gasteiger partial charge in [0.2, 0.25) is 0 Å². The number of aromatic nitrogens is 2. The first-order valence-electron chi connectivity index (χ1n) is 10.1. The molecule has 0 spiro atoms. The fourth-order valence-electron chi connectivity index (χ4n) is 3.51. The Hall–Kier alpha value is -3.31. The second-order valence-electron chi connectivity index (χ2n) is 7.46. The quantitative estimate of drug-likeness (QED) is 0.465. The monoisotopic (exact) mass is 402 g/mol. The van der Waals surface area contributed by atoms with Gasteiger partial charge in [0.15, 0.2) is 0 Å². The van der Waals surface area contributed by atoms with Crippen molar-refractivity contribution in [2.24, 2.45) is 0 Å². The van der Waals surface area contributed by atoms with Crippen LogP contribution in [0.25, 0.3) is 11.0 Å². The number of para-hydroxylation sites is 3. The van der Waals surface area contributed by atoms with Crippen LogP contribution in [0.5, 0.6) is 11.5 Å². The average molecular weight is 402 g/mol. The lowest BCUT2D eigenvalue weighted by Gasteiger charge is -2.17. The van der Waals surface area contributed by atoms with E-state index in [0.717, 1.165) is 33.9 Å². The maximum atomic E-state index is 10.7. The normalized spacial score (nSPS) is 12.1. The molecule has 1 atom stereocenters. The lowest BCUT2D eigenvalue weighted by atomic mass is 10.1. The molecule has 0 aliphatic carbocycles. The lowest BCUT2D eigenvalue weighted by molar-refractivity contribution is 0.0914. The molecule has 4 aromatic rings. The predicted octanol–water partition coefficient (Wildman–Crippen LogP) is 4.67. The van der Waals surface area contributed by atoms with Crippen LogP contribution in [0, 0.1) is 13.8 Å². The Bertz CT molecular complexity index is 1120. The van der Waals surface area contributed by atoms with E-state index in [2.05, 4.69) is 13.0 Å². The number of hydrogen-bond donors (Lipinski definition) is 1. The van der Waals surface area contributed by atoms with Crippen molar-refractivity contribution >= 4 is 11.0 Å². The Morgan fingerprint density at radius 2 is 1.70 bits per heavy atom. The van der Waals surface area contributed by atoms with Gasteiger partial charge in [0.1, 0.15) is 36.6 Å². The van der Waals surface area contributed by atoms with E-state index in [-0.39, 0.29) is 6.61 Å². The fraction of sp³-hybridized carbons (Fsp3) is 0.240. The minimum Gasteiger partial charge on any atom is -0.491 e. The van der Waals surface area contributed by atoms with Gasteiger partial charge in [0.05, 0.1) is 17.6 Å². The average Bonchev–Trinajstić information content (AvgIpc) is 3.10. The molecule has 0 radical (unpaired) electrons. The number of aliphatic hydroxyl groups is 1. The summed E-state index contributed by atoms with van der Waals surface area (Å²) < 4.78 is 13.8. The van der Waals surface area contributed by atoms with Gasteiger partial charge in [-0.2, -0.15) is 0 Å². The number of aliphatic hydroxyl groups excluding tert-OH is 1. The summed E-state index contributed by atoms with van der Waals surface area (Å²) in [5.74, 6) is 2.35. The third-order valence-corrected chi connectivity index (χ3v) is 5.00. The van der Waals surface area contributed by atoms with E-state index in [0.29, 0.717) is 13.2 Å². The molecule has 3 aromatic carbocycles. The summed E-state index contributed by atoms with van der Waals surface area (Å²) in [5.41, 5.74) is 4.10. The molecule has 0 unspecified atom stereocenters. The summed E-state index contributed by atoms with van der Waals surface area (Å²) in [7, 11) is 0. The molecule has 154 valence electrons. The van der Waals surface area contributed by atoms with Gasteiger partial charge in [0, 0.05) is 0 Å². The molecule has 30 heavy (non-hydrogen) atoms. The summed E-state index contributed by atoms with van der Waals surface area (Å²) in [5, 5.41) is 10.7. The van der Waals surface area contributed by atoms with Crippen molar-refractivity contribution < 1.29 is 14.6 Å². The van der Waals surface area contributed by atoms with E-state index in [9.17, 15) is 5.11 Å². The number of fused-ring (bicyclic) bond motifs is 1. The zero-order valence-corrected chi connectivity index (χ0v) is 17.3. The zero-order chi connectivity index (χ0) is 20.9. The highest BCUT2D eigenvalue weighted by molar-refractivity contribution is 5.75. The molecule has 4 rings (SSSR count). The Morgan fingerprint density at radius 1 is 0.933 bits per heavy atom. The summed E-state index contributed by atoms with van der Waals surface area (Å²) in [6, 6.07) is 23.6. The van der Waals surface area contributed by atoms with Gasteiger partial charge in [-0.05, 0) is 49.7 Å². The highest BCUT2D eigenvalue weighted by Crippen LogP contribution is 2.21. The van der Waals surface area contributed by atoms with E-state index in [1.807, 2.05) is 78.2 Å². The highest BCUT2D eigenvalue weighted by Gasteiger charge is 2.15. The first kappa shape index (κ1) is 20.0. The summed E-state index contributed by atoms with van der Waals surface area (Å²) in [4.78, 5) is 4.71. The van der Waals surface area contributed by atoms with Crippen LogP contribution < -0.4 is 9.47 Å². The van der Waals surface area contributed by atoms with Crippen molar-refractivity contribution in [3.63, 3.8) is 0 Å². The van der Waals surface area contributed by atoms with E-state index in [4.69, 9.17) is 14.5 Å². The second kappa shape index (κ2) is 9.01. The third kappa shape index (κ3) is 4.63. The van der Waals surface area contributed by atoms with Crippen molar-refractivity contribution in [1.82, 2.24) is 9.55 Å². The standard InChI is InChI=1S/C25H26N2O3/c1-18-12-13-24(19(2)14-18)30-16-20(28)15-27-23-11-7-6-10-22(23)26-25(27)17-29-21-8-4-3-5-9-21/h3-14,20,28H,15-17H2,1-2H3/t20-/m1/s1. The van der Waals surface area contributed by atoms with Gasteiger partial charge in [0.25, 0.3) is 0 Å². The van der Waals surface area contributed by atoms with Gasteiger partial charge < -0.3 is 19.1 Å². The fourth-order valence-corrected chi connectivity index (χ4v) is 3.51. The molecule has 5 heteroatoms. The number of hydrogen-bond acceptors (Lipinski definition) is 4. The zero-order valence-electron chi connectivity index (χ0n) is 17.3. The maximum absolute atomic E-state index is 10.7. The van der Waals surface area contributed by atoms with E-state index >= 15 is 0 Å². The molecular weight excluding hydrogens is 376 g/mol. The molecule has 1 heterocycles. The molecule has 0 aliphatic heterocycles.